The van der Waals surface area contributed by atoms with Gasteiger partial charge in [0, 0.05) is 18.7 Å². The largest absolute Gasteiger partial charge is 0.490 e. The Bertz CT molecular complexity index is 812. The molecule has 1 fully saturated rings. The van der Waals surface area contributed by atoms with E-state index in [-0.39, 0.29) is 11.3 Å². The highest BCUT2D eigenvalue weighted by Gasteiger charge is 2.35. The van der Waals surface area contributed by atoms with E-state index in [1.165, 1.54) is 0 Å². The lowest BCUT2D eigenvalue weighted by molar-refractivity contribution is 0.0776. The fraction of sp³-hybridized carbons (Fsp3) is 0.435. The molecule has 2 aromatic rings. The minimum atomic E-state index is 0.000212. The summed E-state index contributed by atoms with van der Waals surface area (Å²) in [5.74, 6) is 1.98. The van der Waals surface area contributed by atoms with Gasteiger partial charge in [0.2, 0.25) is 0 Å². The number of para-hydroxylation sites is 1. The molecule has 1 heterocycles. The first-order valence-corrected chi connectivity index (χ1v) is 10.1. The molecule has 1 amide bonds. The average molecular weight is 399 g/mol. The fourth-order valence-corrected chi connectivity index (χ4v) is 3.40. The number of hydrogen-bond acceptors (Lipinski definition) is 5. The molecule has 0 aromatic heterocycles. The average Bonchev–Trinajstić information content (AvgIpc) is 3.15. The number of nitrogens with two attached hydrogens (primary N) is 1. The van der Waals surface area contributed by atoms with E-state index in [1.807, 2.05) is 42.2 Å². The molecule has 0 aliphatic carbocycles. The number of benzene rings is 2. The molecule has 1 aliphatic heterocycles. The predicted octanol–water partition coefficient (Wildman–Crippen LogP) is 3.35. The van der Waals surface area contributed by atoms with Crippen LogP contribution in [-0.2, 0) is 0 Å². The van der Waals surface area contributed by atoms with Crippen LogP contribution in [0.2, 0.25) is 0 Å². The molecule has 2 N–H and O–H groups in total. The Hall–Kier alpha value is -2.73. The Morgan fingerprint density at radius 2 is 1.83 bits per heavy atom. The first kappa shape index (κ1) is 21.0. The van der Waals surface area contributed by atoms with Crippen molar-refractivity contribution in [2.45, 2.75) is 20.3 Å². The number of ether oxygens (including phenoxy) is 3. The van der Waals surface area contributed by atoms with Gasteiger partial charge in [-0.05, 0) is 55.6 Å². The third-order valence-electron chi connectivity index (χ3n) is 5.18. The highest BCUT2D eigenvalue weighted by atomic mass is 16.5. The van der Waals surface area contributed by atoms with E-state index in [9.17, 15) is 4.79 Å². The van der Waals surface area contributed by atoms with Gasteiger partial charge in [0.05, 0.1) is 6.61 Å². The predicted molar refractivity (Wildman–Crippen MR) is 113 cm³/mol. The molecule has 1 aliphatic rings. The summed E-state index contributed by atoms with van der Waals surface area (Å²) >= 11 is 0. The Kier molecular flexibility index (Phi) is 6.99. The molecule has 29 heavy (non-hydrogen) atoms. The molecule has 2 aromatic carbocycles. The SMILES string of the molecule is CCOc1cc(C(=O)N2CCC(C)(CN)C2)ccc1OCCOc1ccccc1. The zero-order chi connectivity index (χ0) is 20.7. The molecular weight excluding hydrogens is 368 g/mol. The Morgan fingerprint density at radius 3 is 2.52 bits per heavy atom. The monoisotopic (exact) mass is 398 g/mol. The summed E-state index contributed by atoms with van der Waals surface area (Å²) in [5.41, 5.74) is 6.46. The van der Waals surface area contributed by atoms with Crippen molar-refractivity contribution in [2.24, 2.45) is 11.1 Å². The van der Waals surface area contributed by atoms with Crippen LogP contribution in [0.5, 0.6) is 17.2 Å². The van der Waals surface area contributed by atoms with Crippen LogP contribution in [-0.4, -0.2) is 50.3 Å². The van der Waals surface area contributed by atoms with Crippen LogP contribution in [0, 0.1) is 5.41 Å². The Morgan fingerprint density at radius 1 is 1.07 bits per heavy atom. The zero-order valence-corrected chi connectivity index (χ0v) is 17.2. The third kappa shape index (κ3) is 5.41. The van der Waals surface area contributed by atoms with Crippen LogP contribution in [0.4, 0.5) is 0 Å². The molecule has 6 nitrogen and oxygen atoms in total. The molecule has 0 spiro atoms. The molecule has 0 radical (unpaired) electrons. The van der Waals surface area contributed by atoms with Crippen LogP contribution in [0.3, 0.4) is 0 Å². The van der Waals surface area contributed by atoms with Gasteiger partial charge in [0.25, 0.3) is 5.91 Å². The molecule has 0 saturated carbocycles. The smallest absolute Gasteiger partial charge is 0.254 e. The van der Waals surface area contributed by atoms with E-state index < -0.39 is 0 Å². The van der Waals surface area contributed by atoms with Gasteiger partial charge >= 0.3 is 0 Å². The van der Waals surface area contributed by atoms with Gasteiger partial charge in [0.15, 0.2) is 11.5 Å². The lowest BCUT2D eigenvalue weighted by atomic mass is 9.90. The third-order valence-corrected chi connectivity index (χ3v) is 5.18. The quantitative estimate of drug-likeness (QED) is 0.656. The van der Waals surface area contributed by atoms with Gasteiger partial charge in [-0.25, -0.2) is 0 Å². The van der Waals surface area contributed by atoms with E-state index in [1.54, 1.807) is 18.2 Å². The van der Waals surface area contributed by atoms with E-state index in [2.05, 4.69) is 6.92 Å². The number of carbonyl (C=O) groups is 1. The van der Waals surface area contributed by atoms with Crippen LogP contribution < -0.4 is 19.9 Å². The maximum atomic E-state index is 12.9. The molecular formula is C23H30N2O4. The van der Waals surface area contributed by atoms with Crippen LogP contribution >= 0.6 is 0 Å². The summed E-state index contributed by atoms with van der Waals surface area (Å²) in [6.07, 6.45) is 0.927. The van der Waals surface area contributed by atoms with Crippen LogP contribution in [0.15, 0.2) is 48.5 Å². The topological polar surface area (TPSA) is 74.0 Å². The van der Waals surface area contributed by atoms with Crippen LogP contribution in [0.25, 0.3) is 0 Å². The Labute approximate surface area is 172 Å². The maximum absolute atomic E-state index is 12.9. The van der Waals surface area contributed by atoms with Crippen molar-refractivity contribution in [3.63, 3.8) is 0 Å². The summed E-state index contributed by atoms with van der Waals surface area (Å²) in [6, 6.07) is 14.9. The second kappa shape index (κ2) is 9.65. The lowest BCUT2D eigenvalue weighted by Gasteiger charge is -2.23. The van der Waals surface area contributed by atoms with Gasteiger partial charge < -0.3 is 24.8 Å². The molecule has 1 saturated heterocycles. The number of rotatable bonds is 9. The minimum absolute atomic E-state index is 0.000212. The summed E-state index contributed by atoms with van der Waals surface area (Å²) in [5, 5.41) is 0. The summed E-state index contributed by atoms with van der Waals surface area (Å²) in [6.45, 7) is 7.31. The van der Waals surface area contributed by atoms with Gasteiger partial charge in [-0.15, -0.1) is 0 Å². The molecule has 0 bridgehead atoms. The number of amides is 1. The molecule has 3 rings (SSSR count). The van der Waals surface area contributed by atoms with Crippen molar-refractivity contribution in [2.75, 3.05) is 39.5 Å². The highest BCUT2D eigenvalue weighted by molar-refractivity contribution is 5.95. The Balaban J connectivity index is 1.61. The van der Waals surface area contributed by atoms with Gasteiger partial charge in [-0.3, -0.25) is 4.79 Å². The summed E-state index contributed by atoms with van der Waals surface area (Å²) in [7, 11) is 0. The molecule has 156 valence electrons. The van der Waals surface area contributed by atoms with Gasteiger partial charge in [0.1, 0.15) is 19.0 Å². The summed E-state index contributed by atoms with van der Waals surface area (Å²) in [4.78, 5) is 14.8. The van der Waals surface area contributed by atoms with Crippen molar-refractivity contribution in [1.29, 1.82) is 0 Å². The number of carbonyl (C=O) groups excluding carboxylic acids is 1. The molecule has 6 heteroatoms. The van der Waals surface area contributed by atoms with E-state index in [0.717, 1.165) is 18.7 Å². The first-order valence-electron chi connectivity index (χ1n) is 10.1. The fourth-order valence-electron chi connectivity index (χ4n) is 3.40. The second-order valence-corrected chi connectivity index (χ2v) is 7.60. The lowest BCUT2D eigenvalue weighted by Crippen LogP contribution is -2.34. The van der Waals surface area contributed by atoms with Crippen molar-refractivity contribution < 1.29 is 19.0 Å². The van der Waals surface area contributed by atoms with Crippen molar-refractivity contribution in [3.05, 3.63) is 54.1 Å². The first-order chi connectivity index (χ1) is 14.0. The van der Waals surface area contributed by atoms with Crippen LogP contribution in [0.1, 0.15) is 30.6 Å². The van der Waals surface area contributed by atoms with E-state index >= 15 is 0 Å². The summed E-state index contributed by atoms with van der Waals surface area (Å²) < 4.78 is 17.2. The normalized spacial score (nSPS) is 18.5. The van der Waals surface area contributed by atoms with E-state index in [4.69, 9.17) is 19.9 Å². The van der Waals surface area contributed by atoms with Crippen molar-refractivity contribution >= 4 is 5.91 Å². The van der Waals surface area contributed by atoms with Crippen molar-refractivity contribution in [3.8, 4) is 17.2 Å². The maximum Gasteiger partial charge on any atom is 0.254 e. The second-order valence-electron chi connectivity index (χ2n) is 7.60. The minimum Gasteiger partial charge on any atom is -0.490 e. The van der Waals surface area contributed by atoms with Gasteiger partial charge in [-0.1, -0.05) is 25.1 Å². The number of hydrogen-bond donors (Lipinski definition) is 1. The zero-order valence-electron chi connectivity index (χ0n) is 17.2. The van der Waals surface area contributed by atoms with Gasteiger partial charge in [-0.2, -0.15) is 0 Å². The van der Waals surface area contributed by atoms with E-state index in [0.29, 0.717) is 50.0 Å². The standard InChI is InChI=1S/C23H30N2O4/c1-3-27-21-15-18(22(26)25-12-11-23(2,16-24)17-25)9-10-20(21)29-14-13-28-19-7-5-4-6-8-19/h4-10,15H,3,11-14,16-17,24H2,1-2H3. The van der Waals surface area contributed by atoms with Crippen molar-refractivity contribution in [1.82, 2.24) is 4.90 Å². The molecule has 1 atom stereocenters. The number of nitrogens with zero attached hydrogens (tertiary/aromatic N) is 1. The number of likely N-dealkylation sites (tertiary alicyclic amines) is 1. The highest BCUT2D eigenvalue weighted by Crippen LogP contribution is 2.32. The molecule has 1 unspecified atom stereocenters.